The predicted molar refractivity (Wildman–Crippen MR) is 189 cm³/mol. The summed E-state index contributed by atoms with van der Waals surface area (Å²) >= 11 is 1.66. The first-order chi connectivity index (χ1) is 23.4. The van der Waals surface area contributed by atoms with Gasteiger partial charge in [0.15, 0.2) is 0 Å². The Bertz CT molecular complexity index is 2320. The summed E-state index contributed by atoms with van der Waals surface area (Å²) in [5.74, 6) is 0. The maximum absolute atomic E-state index is 8.84. The van der Waals surface area contributed by atoms with Crippen molar-refractivity contribution in [2.24, 2.45) is 5.41 Å². The zero-order chi connectivity index (χ0) is 36.2. The van der Waals surface area contributed by atoms with Crippen LogP contribution in [0.1, 0.15) is 70.1 Å². The van der Waals surface area contributed by atoms with Crippen molar-refractivity contribution in [1.82, 2.24) is 15.0 Å². The molecular weight excluding hydrogens is 763 g/mol. The quantitative estimate of drug-likeness (QED) is 0.167. The van der Waals surface area contributed by atoms with Gasteiger partial charge in [-0.15, -0.1) is 65.4 Å². The number of aryl methyl sites for hydroxylation is 2. The summed E-state index contributed by atoms with van der Waals surface area (Å²) in [4.78, 5) is 13.6. The number of hydrogen-bond donors (Lipinski definition) is 0. The average Bonchev–Trinajstić information content (AvgIpc) is 3.67. The molecule has 0 N–H and O–H groups in total. The van der Waals surface area contributed by atoms with Crippen LogP contribution in [0.3, 0.4) is 0 Å². The summed E-state index contributed by atoms with van der Waals surface area (Å²) in [5, 5.41) is 2.91. The Labute approximate surface area is 296 Å². The first-order valence-corrected chi connectivity index (χ1v) is 15.8. The molecule has 7 rings (SSSR count). The van der Waals surface area contributed by atoms with Gasteiger partial charge in [0.25, 0.3) is 0 Å². The number of fused-ring (bicyclic) bond motifs is 5. The molecule has 1 radical (unpaired) electrons. The average molecular weight is 807 g/mol. The van der Waals surface area contributed by atoms with Gasteiger partial charge in [0.05, 0.1) is 20.8 Å². The van der Waals surface area contributed by atoms with E-state index in [9.17, 15) is 0 Å². The molecule has 3 aromatic carbocycles. The number of hydrogen-bond acceptors (Lipinski definition) is 5. The molecule has 6 heteroatoms. The first kappa shape index (κ1) is 27.4. The van der Waals surface area contributed by atoms with Gasteiger partial charge in [0.2, 0.25) is 0 Å². The summed E-state index contributed by atoms with van der Waals surface area (Å²) in [7, 11) is 0. The van der Waals surface area contributed by atoms with E-state index in [1.807, 2.05) is 61.7 Å². The van der Waals surface area contributed by atoms with Crippen LogP contribution in [0.4, 0.5) is 0 Å². The van der Waals surface area contributed by atoms with Crippen LogP contribution in [0.5, 0.6) is 0 Å². The zero-order valence-electron chi connectivity index (χ0n) is 32.0. The number of aromatic nitrogens is 3. The maximum Gasteiger partial charge on any atom is 0.122 e. The molecule has 0 atom stereocenters. The zero-order valence-corrected chi connectivity index (χ0v) is 30.2. The van der Waals surface area contributed by atoms with Crippen LogP contribution in [0.2, 0.25) is 0 Å². The molecule has 0 spiro atoms. The van der Waals surface area contributed by atoms with Gasteiger partial charge in [0, 0.05) is 50.2 Å². The molecule has 0 bridgehead atoms. The molecule has 237 valence electrons. The fourth-order valence-corrected chi connectivity index (χ4v) is 6.18. The number of thiazole rings is 1. The largest absolute Gasteiger partial charge is 0.501 e. The van der Waals surface area contributed by atoms with Crippen molar-refractivity contribution >= 4 is 43.5 Å². The van der Waals surface area contributed by atoms with E-state index < -0.39 is 18.6 Å². The molecule has 4 heterocycles. The molecule has 0 aliphatic rings. The molecule has 0 saturated heterocycles. The summed E-state index contributed by atoms with van der Waals surface area (Å²) in [6.07, 6.45) is 1.22. The summed E-state index contributed by atoms with van der Waals surface area (Å²) in [6.45, 7) is 11.2. The first-order valence-electron chi connectivity index (χ1n) is 17.4. The monoisotopic (exact) mass is 807 g/mol. The van der Waals surface area contributed by atoms with E-state index in [1.165, 1.54) is 11.8 Å². The van der Waals surface area contributed by atoms with Crippen LogP contribution in [0.25, 0.3) is 54.7 Å². The van der Waals surface area contributed by atoms with Crippen molar-refractivity contribution in [1.29, 1.82) is 0 Å². The molecule has 0 saturated carbocycles. The van der Waals surface area contributed by atoms with Crippen LogP contribution in [-0.4, -0.2) is 15.0 Å². The van der Waals surface area contributed by atoms with Crippen LogP contribution in [0, 0.1) is 31.3 Å². The third-order valence-corrected chi connectivity index (χ3v) is 8.67. The normalized spacial score (nSPS) is 14.0. The van der Waals surface area contributed by atoms with Crippen molar-refractivity contribution in [2.75, 3.05) is 0 Å². The van der Waals surface area contributed by atoms with Crippen LogP contribution >= 0.6 is 11.3 Å². The number of benzene rings is 3. The van der Waals surface area contributed by atoms with Gasteiger partial charge >= 0.3 is 0 Å². The Morgan fingerprint density at radius 3 is 2.39 bits per heavy atom. The molecule has 0 fully saturated rings. The number of rotatable bonds is 3. The smallest absolute Gasteiger partial charge is 0.122 e. The molecule has 4 nitrogen and oxygen atoms in total. The van der Waals surface area contributed by atoms with E-state index in [1.54, 1.807) is 44.2 Å². The SMILES string of the molecule is Cc1ccc(-c2[c-]cccc2)nc1.[2H]C([2H])([2H])c1cnc(-c2[c-]ccc3c2oc2ccc4nc(C(C)(C)C)sc4c23)cc1C([2H])([2H])C(C)(C)C.[Ir]. The second-order valence-electron chi connectivity index (χ2n) is 13.2. The Morgan fingerprint density at radius 2 is 1.72 bits per heavy atom. The topological polar surface area (TPSA) is 51.8 Å². The van der Waals surface area contributed by atoms with E-state index in [2.05, 4.69) is 48.9 Å². The van der Waals surface area contributed by atoms with Gasteiger partial charge in [0.1, 0.15) is 5.58 Å². The fraction of sp³-hybridized carbons (Fsp3) is 0.275. The van der Waals surface area contributed by atoms with E-state index in [0.717, 1.165) is 42.8 Å². The van der Waals surface area contributed by atoms with Crippen LogP contribution < -0.4 is 0 Å². The van der Waals surface area contributed by atoms with Crippen molar-refractivity contribution < 1.29 is 31.4 Å². The Balaban J connectivity index is 0.000000302. The molecular formula is C40H39IrN3OS-2. The minimum Gasteiger partial charge on any atom is -0.501 e. The Kier molecular flexibility index (Phi) is 7.86. The number of nitrogens with zero attached hydrogens (tertiary/aromatic N) is 3. The standard InChI is InChI=1S/C28H29N2OS.C12H10N.Ir/c1-16-15-29-21(13-17(16)14-27(2,3)4)18-9-8-10-19-23-22(31-24(18)19)12-11-20-25(23)32-26(30-20)28(5,6)7;1-10-7-8-12(13-9-10)11-5-3-2-4-6-11;/h8,10-13,15H,14H2,1-7H3;2-5,7-9H,1H3;/q2*-1;/i1D3,14D2;;. The van der Waals surface area contributed by atoms with Crippen molar-refractivity contribution in [3.05, 3.63) is 113 Å². The number of furan rings is 1. The van der Waals surface area contributed by atoms with Gasteiger partial charge < -0.3 is 14.4 Å². The molecule has 7 aromatic rings. The van der Waals surface area contributed by atoms with Crippen molar-refractivity contribution in [3.63, 3.8) is 0 Å². The van der Waals surface area contributed by atoms with Crippen molar-refractivity contribution in [3.8, 4) is 22.5 Å². The van der Waals surface area contributed by atoms with E-state index in [-0.39, 0.29) is 36.6 Å². The Morgan fingerprint density at radius 1 is 0.913 bits per heavy atom. The molecule has 0 amide bonds. The molecule has 0 aliphatic heterocycles. The summed E-state index contributed by atoms with van der Waals surface area (Å²) in [6, 6.07) is 27.5. The molecule has 46 heavy (non-hydrogen) atoms. The predicted octanol–water partition coefficient (Wildman–Crippen LogP) is 11.1. The minimum atomic E-state index is -2.50. The molecule has 0 unspecified atom stereocenters. The third-order valence-electron chi connectivity index (χ3n) is 7.16. The fourth-order valence-electron chi connectivity index (χ4n) is 5.00. The van der Waals surface area contributed by atoms with Crippen LogP contribution in [-0.2, 0) is 31.9 Å². The third kappa shape index (κ3) is 7.15. The van der Waals surface area contributed by atoms with Gasteiger partial charge in [-0.2, -0.15) is 0 Å². The van der Waals surface area contributed by atoms with Gasteiger partial charge in [-0.25, -0.2) is 4.98 Å². The second kappa shape index (κ2) is 13.2. The molecule has 4 aromatic heterocycles. The van der Waals surface area contributed by atoms with Gasteiger partial charge in [-0.3, -0.25) is 0 Å². The minimum absolute atomic E-state index is 0. The number of pyridine rings is 2. The maximum atomic E-state index is 8.84. The molecule has 0 aliphatic carbocycles. The van der Waals surface area contributed by atoms with Gasteiger partial charge in [-0.05, 0) is 60.2 Å². The second-order valence-corrected chi connectivity index (χ2v) is 14.2. The van der Waals surface area contributed by atoms with Crippen molar-refractivity contribution in [2.45, 2.75) is 67.1 Å². The van der Waals surface area contributed by atoms with Gasteiger partial charge in [-0.1, -0.05) is 76.3 Å². The van der Waals surface area contributed by atoms with E-state index in [4.69, 9.17) is 16.3 Å². The summed E-state index contributed by atoms with van der Waals surface area (Å²) in [5.41, 5.74) is 5.48. The summed E-state index contributed by atoms with van der Waals surface area (Å²) < 4.78 is 49.1. The van der Waals surface area contributed by atoms with Crippen LogP contribution in [0.15, 0.2) is 83.5 Å². The van der Waals surface area contributed by atoms with E-state index in [0.29, 0.717) is 16.8 Å². The Hall–Kier alpha value is -3.70. The van der Waals surface area contributed by atoms with E-state index >= 15 is 0 Å².